The summed E-state index contributed by atoms with van der Waals surface area (Å²) in [5.74, 6) is -0.333. The smallest absolute Gasteiger partial charge is 0.210 e. The quantitative estimate of drug-likeness (QED) is 0.743. The molecule has 0 saturated heterocycles. The second kappa shape index (κ2) is 5.62. The lowest BCUT2D eigenvalue weighted by Crippen LogP contribution is -2.36. The summed E-state index contributed by atoms with van der Waals surface area (Å²) in [6.45, 7) is 0.445. The van der Waals surface area contributed by atoms with Crippen LogP contribution < -0.4 is 4.90 Å². The van der Waals surface area contributed by atoms with Crippen molar-refractivity contribution in [3.63, 3.8) is 0 Å². The van der Waals surface area contributed by atoms with E-state index in [1.54, 1.807) is 53.4 Å². The Morgan fingerprint density at radius 1 is 0.917 bits per heavy atom. The third kappa shape index (κ3) is 2.20. The van der Waals surface area contributed by atoms with Crippen LogP contribution in [0.15, 0.2) is 65.9 Å². The molecule has 0 unspecified atom stereocenters. The van der Waals surface area contributed by atoms with E-state index in [1.165, 1.54) is 0 Å². The molecule has 118 valence electrons. The third-order valence-electron chi connectivity index (χ3n) is 4.17. The maximum absolute atomic E-state index is 13.0. The first-order valence-corrected chi connectivity index (χ1v) is 8.15. The van der Waals surface area contributed by atoms with Gasteiger partial charge in [0, 0.05) is 22.7 Å². The van der Waals surface area contributed by atoms with E-state index in [9.17, 15) is 9.59 Å². The molecule has 2 aliphatic rings. The first kappa shape index (κ1) is 15.2. The highest BCUT2D eigenvalue weighted by molar-refractivity contribution is 6.36. The average molecular weight is 356 g/mol. The number of benzene rings is 2. The van der Waals surface area contributed by atoms with Gasteiger partial charge in [-0.25, -0.2) is 0 Å². The molecule has 0 N–H and O–H groups in total. The molecular formula is C19H11Cl2NO2. The SMILES string of the molecule is O=C1C2=C(C(=O)c3ccccc31)N(c1cc(Cl)ccc1Cl)CC=C2. The van der Waals surface area contributed by atoms with Crippen molar-refractivity contribution in [1.82, 2.24) is 0 Å². The number of rotatable bonds is 1. The van der Waals surface area contributed by atoms with Crippen LogP contribution in [-0.2, 0) is 0 Å². The van der Waals surface area contributed by atoms with Gasteiger partial charge in [-0.1, -0.05) is 59.6 Å². The van der Waals surface area contributed by atoms with Gasteiger partial charge in [-0.2, -0.15) is 0 Å². The van der Waals surface area contributed by atoms with Crippen molar-refractivity contribution in [3.8, 4) is 0 Å². The predicted molar refractivity (Wildman–Crippen MR) is 95.1 cm³/mol. The lowest BCUT2D eigenvalue weighted by Gasteiger charge is -2.33. The van der Waals surface area contributed by atoms with Gasteiger partial charge < -0.3 is 4.90 Å². The molecule has 1 aliphatic heterocycles. The number of hydrogen-bond acceptors (Lipinski definition) is 3. The number of Topliss-reactive ketones (excluding diaryl/α,β-unsaturated/α-hetero) is 2. The van der Waals surface area contributed by atoms with E-state index >= 15 is 0 Å². The van der Waals surface area contributed by atoms with Crippen LogP contribution in [-0.4, -0.2) is 18.1 Å². The minimum atomic E-state index is -0.180. The Balaban J connectivity index is 1.92. The Kier molecular flexibility index (Phi) is 3.56. The zero-order valence-corrected chi connectivity index (χ0v) is 13.9. The molecule has 0 bridgehead atoms. The number of allylic oxidation sites excluding steroid dienone is 3. The van der Waals surface area contributed by atoms with E-state index in [4.69, 9.17) is 23.2 Å². The molecule has 2 aromatic rings. The number of fused-ring (bicyclic) bond motifs is 1. The van der Waals surface area contributed by atoms with Crippen molar-refractivity contribution >= 4 is 40.5 Å². The molecule has 4 rings (SSSR count). The van der Waals surface area contributed by atoms with Gasteiger partial charge in [0.05, 0.1) is 16.3 Å². The fraction of sp³-hybridized carbons (Fsp3) is 0.0526. The zero-order valence-electron chi connectivity index (χ0n) is 12.4. The topological polar surface area (TPSA) is 37.4 Å². The van der Waals surface area contributed by atoms with Crippen LogP contribution in [0.5, 0.6) is 0 Å². The summed E-state index contributed by atoms with van der Waals surface area (Å²) in [6.07, 6.45) is 3.55. The van der Waals surface area contributed by atoms with Crippen molar-refractivity contribution < 1.29 is 9.59 Å². The molecule has 0 radical (unpaired) electrons. The van der Waals surface area contributed by atoms with Crippen LogP contribution in [0.3, 0.4) is 0 Å². The number of carbonyl (C=O) groups excluding carboxylic acids is 2. The Labute approximate surface area is 148 Å². The van der Waals surface area contributed by atoms with Crippen LogP contribution >= 0.6 is 23.2 Å². The number of hydrogen-bond donors (Lipinski definition) is 0. The largest absolute Gasteiger partial charge is 0.333 e. The van der Waals surface area contributed by atoms with Crippen LogP contribution in [0.1, 0.15) is 20.7 Å². The summed E-state index contributed by atoms with van der Waals surface area (Å²) >= 11 is 12.4. The highest BCUT2D eigenvalue weighted by Crippen LogP contribution is 2.37. The van der Waals surface area contributed by atoms with E-state index in [2.05, 4.69) is 0 Å². The van der Waals surface area contributed by atoms with Gasteiger partial charge in [0.2, 0.25) is 5.78 Å². The molecule has 0 amide bonds. The third-order valence-corrected chi connectivity index (χ3v) is 4.73. The second-order valence-electron chi connectivity index (χ2n) is 5.57. The number of ketones is 2. The molecule has 0 fully saturated rings. The Morgan fingerprint density at radius 3 is 2.38 bits per heavy atom. The molecular weight excluding hydrogens is 345 g/mol. The lowest BCUT2D eigenvalue weighted by molar-refractivity contribution is 0.0974. The van der Waals surface area contributed by atoms with Crippen molar-refractivity contribution in [3.05, 3.63) is 87.1 Å². The monoisotopic (exact) mass is 355 g/mol. The van der Waals surface area contributed by atoms with Crippen molar-refractivity contribution in [2.24, 2.45) is 0 Å². The van der Waals surface area contributed by atoms with Crippen LogP contribution in [0, 0.1) is 0 Å². The van der Waals surface area contributed by atoms with Crippen molar-refractivity contribution in [2.75, 3.05) is 11.4 Å². The normalized spacial score (nSPS) is 16.3. The van der Waals surface area contributed by atoms with E-state index in [0.29, 0.717) is 44.7 Å². The van der Waals surface area contributed by atoms with Gasteiger partial charge in [0.25, 0.3) is 0 Å². The summed E-state index contributed by atoms with van der Waals surface area (Å²) in [5.41, 5.74) is 2.21. The summed E-state index contributed by atoms with van der Waals surface area (Å²) in [4.78, 5) is 27.5. The van der Waals surface area contributed by atoms with Crippen LogP contribution in [0.25, 0.3) is 0 Å². The van der Waals surface area contributed by atoms with E-state index in [-0.39, 0.29) is 11.6 Å². The molecule has 0 aromatic heterocycles. The van der Waals surface area contributed by atoms with Gasteiger partial charge in [-0.15, -0.1) is 0 Å². The molecule has 0 atom stereocenters. The number of anilines is 1. The highest BCUT2D eigenvalue weighted by Gasteiger charge is 2.36. The van der Waals surface area contributed by atoms with E-state index in [1.807, 2.05) is 6.08 Å². The van der Waals surface area contributed by atoms with Gasteiger partial charge in [0.15, 0.2) is 5.78 Å². The fourth-order valence-corrected chi connectivity index (χ4v) is 3.47. The summed E-state index contributed by atoms with van der Waals surface area (Å²) in [6, 6.07) is 11.9. The second-order valence-corrected chi connectivity index (χ2v) is 6.42. The van der Waals surface area contributed by atoms with Crippen LogP contribution in [0.2, 0.25) is 10.0 Å². The summed E-state index contributed by atoms with van der Waals surface area (Å²) < 4.78 is 0. The number of halogens is 2. The molecule has 1 heterocycles. The molecule has 5 heteroatoms. The maximum Gasteiger partial charge on any atom is 0.210 e. The van der Waals surface area contributed by atoms with Gasteiger partial charge >= 0.3 is 0 Å². The number of carbonyl (C=O) groups is 2. The highest BCUT2D eigenvalue weighted by atomic mass is 35.5. The van der Waals surface area contributed by atoms with Crippen molar-refractivity contribution in [1.29, 1.82) is 0 Å². The van der Waals surface area contributed by atoms with Gasteiger partial charge in [-0.05, 0) is 18.2 Å². The fourth-order valence-electron chi connectivity index (χ4n) is 3.08. The molecule has 0 saturated carbocycles. The lowest BCUT2D eigenvalue weighted by atomic mass is 9.85. The van der Waals surface area contributed by atoms with Gasteiger partial charge in [-0.3, -0.25) is 9.59 Å². The predicted octanol–water partition coefficient (Wildman–Crippen LogP) is 4.70. The Bertz CT molecular complexity index is 960. The Hall–Kier alpha value is -2.36. The minimum Gasteiger partial charge on any atom is -0.333 e. The molecule has 1 aliphatic carbocycles. The van der Waals surface area contributed by atoms with Gasteiger partial charge in [0.1, 0.15) is 5.70 Å². The first-order valence-electron chi connectivity index (χ1n) is 7.40. The molecule has 0 spiro atoms. The maximum atomic E-state index is 13.0. The minimum absolute atomic E-state index is 0.153. The summed E-state index contributed by atoms with van der Waals surface area (Å²) in [5, 5.41) is 0.988. The van der Waals surface area contributed by atoms with Crippen LogP contribution in [0.4, 0.5) is 5.69 Å². The number of nitrogens with zero attached hydrogens (tertiary/aromatic N) is 1. The molecule has 2 aromatic carbocycles. The summed E-state index contributed by atoms with van der Waals surface area (Å²) in [7, 11) is 0. The van der Waals surface area contributed by atoms with E-state index in [0.717, 1.165) is 0 Å². The van der Waals surface area contributed by atoms with Crippen molar-refractivity contribution in [2.45, 2.75) is 0 Å². The Morgan fingerprint density at radius 2 is 1.62 bits per heavy atom. The zero-order chi connectivity index (χ0) is 16.8. The molecule has 24 heavy (non-hydrogen) atoms. The average Bonchev–Trinajstić information content (AvgIpc) is 2.61. The molecule has 3 nitrogen and oxygen atoms in total. The standard InChI is InChI=1S/C19H11Cl2NO2/c20-11-7-8-15(21)16(10-11)22-9-3-6-14-17(22)19(24)13-5-2-1-4-12(13)18(14)23/h1-8,10H,9H2. The van der Waals surface area contributed by atoms with E-state index < -0.39 is 0 Å². The first-order chi connectivity index (χ1) is 11.6.